The minimum atomic E-state index is -0.376. The van der Waals surface area contributed by atoms with Crippen molar-refractivity contribution in [3.05, 3.63) is 226 Å². The lowest BCUT2D eigenvalue weighted by molar-refractivity contribution is 0.483. The Morgan fingerprint density at radius 1 is 0.412 bits per heavy atom. The molecule has 12 rings (SSSR count). The van der Waals surface area contributed by atoms with Gasteiger partial charge in [-0.2, -0.15) is 0 Å². The first-order chi connectivity index (χ1) is 37.8. The molecule has 2 heterocycles. The van der Waals surface area contributed by atoms with Crippen LogP contribution >= 0.6 is 0 Å². The van der Waals surface area contributed by atoms with Crippen molar-refractivity contribution in [3.63, 3.8) is 0 Å². The van der Waals surface area contributed by atoms with Gasteiger partial charge in [-0.25, -0.2) is 0 Å². The number of ether oxygens (including phenoxy) is 1. The van der Waals surface area contributed by atoms with Crippen LogP contribution in [-0.4, -0.2) is 6.71 Å². The summed E-state index contributed by atoms with van der Waals surface area (Å²) in [5.41, 5.74) is 26.1. The van der Waals surface area contributed by atoms with Crippen molar-refractivity contribution >= 4 is 74.3 Å². The molecule has 0 atom stereocenters. The van der Waals surface area contributed by atoms with Crippen molar-refractivity contribution < 1.29 is 4.74 Å². The molecule has 0 radical (unpaired) electrons. The molecule has 0 saturated heterocycles. The minimum absolute atomic E-state index is 0.0189. The molecule has 0 aromatic heterocycles. The third-order valence-electron chi connectivity index (χ3n) is 17.5. The van der Waals surface area contributed by atoms with Gasteiger partial charge in [0.25, 0.3) is 6.71 Å². The maximum absolute atomic E-state index is 7.49. The molecule has 0 saturated carbocycles. The Morgan fingerprint density at radius 2 is 0.900 bits per heavy atom. The van der Waals surface area contributed by atoms with Gasteiger partial charge in [-0.3, -0.25) is 0 Å². The molecule has 2 aliphatic heterocycles. The number of aryl methyl sites for hydroxylation is 2. The summed E-state index contributed by atoms with van der Waals surface area (Å²) in [4.78, 5) is 7.49. The fraction of sp³-hybridized carbons (Fsp3) is 0.280. The zero-order valence-corrected chi connectivity index (χ0v) is 50.1. The molecule has 402 valence electrons. The number of fused-ring (bicyclic) bond motifs is 7. The molecule has 0 bridgehead atoms. The van der Waals surface area contributed by atoms with E-state index in [4.69, 9.17) is 4.74 Å². The van der Waals surface area contributed by atoms with E-state index in [0.29, 0.717) is 0 Å². The SMILES string of the molecule is Cc1ccc(N(c2ccc(C)cc2)c2ccc3c(c2)Oc2cc(C(C)(C)C)cc4c2B3c2cc(C(C)(C)C)ccc2N4c2ccc(N(c3ccc(C(C)(C)C)cc3)c3ccc(C(C)(C)C)cc3)c3c2C(C)(C)c2ccccc2-3)cc1. The molecular weight excluding hydrogens is 970 g/mol. The zero-order valence-electron chi connectivity index (χ0n) is 50.1. The lowest BCUT2D eigenvalue weighted by Crippen LogP contribution is -2.60. The number of hydrogen-bond donors (Lipinski definition) is 0. The lowest BCUT2D eigenvalue weighted by atomic mass is 9.34. The second kappa shape index (κ2) is 18.7. The van der Waals surface area contributed by atoms with Crippen molar-refractivity contribution in [2.24, 2.45) is 0 Å². The minimum Gasteiger partial charge on any atom is -0.458 e. The summed E-state index contributed by atoms with van der Waals surface area (Å²) in [5, 5.41) is 0. The summed E-state index contributed by atoms with van der Waals surface area (Å²) in [6, 6.07) is 69.4. The second-order valence-electron chi connectivity index (χ2n) is 27.7. The third-order valence-corrected chi connectivity index (χ3v) is 17.5. The van der Waals surface area contributed by atoms with Gasteiger partial charge >= 0.3 is 0 Å². The van der Waals surface area contributed by atoms with Gasteiger partial charge in [-0.1, -0.05) is 199 Å². The van der Waals surface area contributed by atoms with Crippen LogP contribution in [-0.2, 0) is 27.1 Å². The Labute approximate surface area is 478 Å². The van der Waals surface area contributed by atoms with Crippen LogP contribution in [0.15, 0.2) is 182 Å². The van der Waals surface area contributed by atoms with Gasteiger partial charge in [-0.15, -0.1) is 0 Å². The molecule has 0 fully saturated rings. The van der Waals surface area contributed by atoms with Crippen LogP contribution in [0.25, 0.3) is 11.1 Å². The fourth-order valence-corrected chi connectivity index (χ4v) is 12.8. The topological polar surface area (TPSA) is 19.0 Å². The fourth-order valence-electron chi connectivity index (χ4n) is 12.8. The third kappa shape index (κ3) is 8.93. The average Bonchev–Trinajstić information content (AvgIpc) is 3.78. The Bertz CT molecular complexity index is 3770. The first-order valence-corrected chi connectivity index (χ1v) is 28.9. The van der Waals surface area contributed by atoms with Gasteiger partial charge in [0.2, 0.25) is 0 Å². The van der Waals surface area contributed by atoms with Gasteiger partial charge in [0.15, 0.2) is 0 Å². The van der Waals surface area contributed by atoms with E-state index in [1.54, 1.807) is 0 Å². The number of hydrogen-bond acceptors (Lipinski definition) is 4. The molecule has 1 aliphatic carbocycles. The van der Waals surface area contributed by atoms with E-state index < -0.39 is 0 Å². The van der Waals surface area contributed by atoms with E-state index in [1.807, 2.05) is 0 Å². The predicted octanol–water partition coefficient (Wildman–Crippen LogP) is 19.1. The van der Waals surface area contributed by atoms with Gasteiger partial charge in [0, 0.05) is 56.9 Å². The quantitative estimate of drug-likeness (QED) is 0.148. The normalized spacial score (nSPS) is 14.2. The van der Waals surface area contributed by atoms with E-state index in [0.717, 1.165) is 51.3 Å². The number of rotatable bonds is 7. The Kier molecular flexibility index (Phi) is 12.3. The number of nitrogens with zero attached hydrogens (tertiary/aromatic N) is 3. The van der Waals surface area contributed by atoms with Crippen LogP contribution in [0.3, 0.4) is 0 Å². The van der Waals surface area contributed by atoms with E-state index in [9.17, 15) is 0 Å². The molecule has 4 nitrogen and oxygen atoms in total. The van der Waals surface area contributed by atoms with Crippen LogP contribution < -0.4 is 35.8 Å². The summed E-state index contributed by atoms with van der Waals surface area (Å²) in [6.07, 6.45) is 0. The van der Waals surface area contributed by atoms with Crippen molar-refractivity contribution in [2.75, 3.05) is 14.7 Å². The lowest BCUT2D eigenvalue weighted by Gasteiger charge is -2.43. The Balaban J connectivity index is 1.11. The van der Waals surface area contributed by atoms with Gasteiger partial charge in [0.1, 0.15) is 11.5 Å². The predicted molar refractivity (Wildman–Crippen MR) is 344 cm³/mol. The molecule has 5 heteroatoms. The van der Waals surface area contributed by atoms with Gasteiger partial charge in [-0.05, 0) is 176 Å². The molecular formula is C75H78BN3O. The molecule has 3 aliphatic rings. The molecule has 0 unspecified atom stereocenters. The van der Waals surface area contributed by atoms with Crippen LogP contribution in [0.4, 0.5) is 51.2 Å². The van der Waals surface area contributed by atoms with E-state index in [2.05, 4.69) is 307 Å². The number of benzene rings is 9. The van der Waals surface area contributed by atoms with Gasteiger partial charge < -0.3 is 19.4 Å². The molecule has 0 spiro atoms. The zero-order chi connectivity index (χ0) is 56.6. The van der Waals surface area contributed by atoms with Crippen LogP contribution in [0, 0.1) is 13.8 Å². The molecule has 9 aromatic rings. The standard InChI is InChI=1S/C75H78BN3O/c1-47-21-30-53(31-22-47)77(54-32-23-48(2)24-33-54)57-38-39-60-66(46-57)80-67-45-52(74(12,13)14)44-65-70(67)76(60)61-43-51(73(9,10)11)29-40-62(61)79(65)64-42-41-63(68-58-19-17-18-20-59(58)75(15,16)69(64)68)78(55-34-25-49(26-35-55)71(3,4)5)56-36-27-50(28-37-56)72(6,7)8/h17-46H,1-16H3. The van der Waals surface area contributed by atoms with E-state index in [-0.39, 0.29) is 33.8 Å². The highest BCUT2D eigenvalue weighted by molar-refractivity contribution is 6.99. The van der Waals surface area contributed by atoms with Crippen molar-refractivity contribution in [3.8, 4) is 22.6 Å². The first kappa shape index (κ1) is 52.9. The van der Waals surface area contributed by atoms with Crippen LogP contribution in [0.1, 0.15) is 141 Å². The van der Waals surface area contributed by atoms with E-state index in [1.165, 1.54) is 83.4 Å². The highest BCUT2D eigenvalue weighted by atomic mass is 16.5. The summed E-state index contributed by atoms with van der Waals surface area (Å²) in [5.74, 6) is 1.80. The van der Waals surface area contributed by atoms with Crippen molar-refractivity contribution in [1.82, 2.24) is 0 Å². The molecule has 80 heavy (non-hydrogen) atoms. The highest BCUT2D eigenvalue weighted by Gasteiger charge is 2.47. The van der Waals surface area contributed by atoms with Crippen molar-refractivity contribution in [2.45, 2.75) is 138 Å². The van der Waals surface area contributed by atoms with Crippen molar-refractivity contribution in [1.29, 1.82) is 0 Å². The smallest absolute Gasteiger partial charge is 0.256 e. The maximum atomic E-state index is 7.49. The molecule has 9 aromatic carbocycles. The molecule has 0 amide bonds. The second-order valence-corrected chi connectivity index (χ2v) is 27.7. The summed E-state index contributed by atoms with van der Waals surface area (Å²) in [7, 11) is 0. The van der Waals surface area contributed by atoms with E-state index >= 15 is 0 Å². The first-order valence-electron chi connectivity index (χ1n) is 28.9. The van der Waals surface area contributed by atoms with Crippen LogP contribution in [0.2, 0.25) is 0 Å². The Hall–Kier alpha value is -7.76. The summed E-state index contributed by atoms with van der Waals surface area (Å²) in [6.45, 7) is 36.9. The average molecular weight is 1050 g/mol. The summed E-state index contributed by atoms with van der Waals surface area (Å²) >= 11 is 0. The largest absolute Gasteiger partial charge is 0.458 e. The monoisotopic (exact) mass is 1050 g/mol. The number of anilines is 9. The van der Waals surface area contributed by atoms with Gasteiger partial charge in [0.05, 0.1) is 11.4 Å². The van der Waals surface area contributed by atoms with Crippen LogP contribution in [0.5, 0.6) is 11.5 Å². The molecule has 0 N–H and O–H groups in total. The maximum Gasteiger partial charge on any atom is 0.256 e. The summed E-state index contributed by atoms with van der Waals surface area (Å²) < 4.78 is 7.49. The highest BCUT2D eigenvalue weighted by Crippen LogP contribution is 2.59. The Morgan fingerprint density at radius 3 is 1.45 bits per heavy atom.